The van der Waals surface area contributed by atoms with E-state index in [1.165, 1.54) is 12.8 Å². The van der Waals surface area contributed by atoms with Crippen molar-refractivity contribution < 1.29 is 4.74 Å². The van der Waals surface area contributed by atoms with Crippen LogP contribution in [0, 0.1) is 6.92 Å². The number of pyridine rings is 1. The zero-order valence-electron chi connectivity index (χ0n) is 8.29. The third kappa shape index (κ3) is 2.01. The number of aromatic nitrogens is 1. The summed E-state index contributed by atoms with van der Waals surface area (Å²) in [5, 5.41) is 0.652. The van der Waals surface area contributed by atoms with Crippen LogP contribution < -0.4 is 4.74 Å². The second kappa shape index (κ2) is 4.18. The zero-order valence-corrected chi connectivity index (χ0v) is 9.05. The minimum atomic E-state index is 0.321. The molecule has 0 bridgehead atoms. The van der Waals surface area contributed by atoms with E-state index < -0.39 is 0 Å². The van der Waals surface area contributed by atoms with Crippen molar-refractivity contribution in [2.75, 3.05) is 0 Å². The van der Waals surface area contributed by atoms with E-state index in [4.69, 9.17) is 16.3 Å². The summed E-state index contributed by atoms with van der Waals surface area (Å²) in [5.74, 6) is 0.596. The molecule has 1 heterocycles. The van der Waals surface area contributed by atoms with E-state index in [-0.39, 0.29) is 0 Å². The van der Waals surface area contributed by atoms with Gasteiger partial charge in [-0.15, -0.1) is 0 Å². The Hall–Kier alpha value is -0.760. The predicted molar refractivity (Wildman–Crippen MR) is 56.9 cm³/mol. The quantitative estimate of drug-likeness (QED) is 0.749. The molecule has 0 spiro atoms. The molecule has 1 aromatic rings. The van der Waals surface area contributed by atoms with Gasteiger partial charge in [0.05, 0.1) is 0 Å². The van der Waals surface area contributed by atoms with Gasteiger partial charge in [0.25, 0.3) is 0 Å². The lowest BCUT2D eigenvalue weighted by Crippen LogP contribution is -2.12. The van der Waals surface area contributed by atoms with E-state index in [0.29, 0.717) is 17.0 Å². The van der Waals surface area contributed by atoms with Crippen LogP contribution in [0.1, 0.15) is 31.2 Å². The van der Waals surface area contributed by atoms with Crippen LogP contribution in [0.25, 0.3) is 0 Å². The number of nitrogens with zero attached hydrogens (tertiary/aromatic N) is 1. The van der Waals surface area contributed by atoms with Crippen molar-refractivity contribution in [2.45, 2.75) is 38.7 Å². The maximum atomic E-state index is 6.08. The largest absolute Gasteiger partial charge is 0.473 e. The average molecular weight is 212 g/mol. The van der Waals surface area contributed by atoms with Crippen LogP contribution in [0.15, 0.2) is 12.3 Å². The van der Waals surface area contributed by atoms with E-state index in [1.54, 1.807) is 6.20 Å². The van der Waals surface area contributed by atoms with Gasteiger partial charge in [0.1, 0.15) is 11.1 Å². The van der Waals surface area contributed by atoms with Crippen LogP contribution in [0.4, 0.5) is 0 Å². The molecule has 0 atom stereocenters. The van der Waals surface area contributed by atoms with E-state index in [9.17, 15) is 0 Å². The van der Waals surface area contributed by atoms with Gasteiger partial charge in [0.15, 0.2) is 0 Å². The number of ether oxygens (including phenoxy) is 1. The molecule has 0 radical (unpaired) electrons. The van der Waals surface area contributed by atoms with Crippen LogP contribution in [-0.4, -0.2) is 11.1 Å². The smallest absolute Gasteiger partial charge is 0.233 e. The lowest BCUT2D eigenvalue weighted by Gasteiger charge is -2.13. The Morgan fingerprint density at radius 3 is 2.86 bits per heavy atom. The van der Waals surface area contributed by atoms with E-state index in [0.717, 1.165) is 18.4 Å². The highest BCUT2D eigenvalue weighted by Gasteiger charge is 2.18. The first-order valence-electron chi connectivity index (χ1n) is 5.05. The Kier molecular flexibility index (Phi) is 2.92. The topological polar surface area (TPSA) is 22.1 Å². The number of aryl methyl sites for hydroxylation is 1. The molecule has 0 N–H and O–H groups in total. The first kappa shape index (κ1) is 9.78. The Morgan fingerprint density at radius 1 is 1.43 bits per heavy atom. The SMILES string of the molecule is Cc1ccnc(OC2CCCC2)c1Cl. The van der Waals surface area contributed by atoms with Crippen molar-refractivity contribution in [3.8, 4) is 5.88 Å². The van der Waals surface area contributed by atoms with Crippen LogP contribution in [0.2, 0.25) is 5.02 Å². The van der Waals surface area contributed by atoms with Gasteiger partial charge >= 0.3 is 0 Å². The minimum Gasteiger partial charge on any atom is -0.473 e. The monoisotopic (exact) mass is 211 g/mol. The van der Waals surface area contributed by atoms with Gasteiger partial charge in [0.2, 0.25) is 5.88 Å². The van der Waals surface area contributed by atoms with Gasteiger partial charge in [-0.3, -0.25) is 0 Å². The molecule has 0 aliphatic heterocycles. The van der Waals surface area contributed by atoms with Gasteiger partial charge in [-0.1, -0.05) is 11.6 Å². The van der Waals surface area contributed by atoms with E-state index in [1.807, 2.05) is 13.0 Å². The predicted octanol–water partition coefficient (Wildman–Crippen LogP) is 3.36. The molecule has 0 unspecified atom stereocenters. The maximum absolute atomic E-state index is 6.08. The summed E-state index contributed by atoms with van der Waals surface area (Å²) in [7, 11) is 0. The first-order valence-corrected chi connectivity index (χ1v) is 5.43. The van der Waals surface area contributed by atoms with Crippen LogP contribution in [0.5, 0.6) is 5.88 Å². The Bertz CT molecular complexity index is 321. The van der Waals surface area contributed by atoms with Gasteiger partial charge in [0, 0.05) is 6.20 Å². The normalized spacial score (nSPS) is 17.3. The van der Waals surface area contributed by atoms with Gasteiger partial charge in [-0.05, 0) is 44.2 Å². The van der Waals surface area contributed by atoms with Gasteiger partial charge < -0.3 is 4.74 Å². The summed E-state index contributed by atoms with van der Waals surface area (Å²) in [6.45, 7) is 1.96. The molecule has 0 amide bonds. The molecular weight excluding hydrogens is 198 g/mol. The highest BCUT2D eigenvalue weighted by molar-refractivity contribution is 6.32. The maximum Gasteiger partial charge on any atom is 0.233 e. The van der Waals surface area contributed by atoms with Crippen molar-refractivity contribution in [3.05, 3.63) is 22.8 Å². The molecule has 1 saturated carbocycles. The highest BCUT2D eigenvalue weighted by Crippen LogP contribution is 2.29. The standard InChI is InChI=1S/C11H14ClNO/c1-8-6-7-13-11(10(8)12)14-9-4-2-3-5-9/h6-7,9H,2-5H2,1H3. The van der Waals surface area contributed by atoms with E-state index >= 15 is 0 Å². The van der Waals surface area contributed by atoms with Crippen molar-refractivity contribution in [1.82, 2.24) is 4.98 Å². The lowest BCUT2D eigenvalue weighted by molar-refractivity contribution is 0.201. The van der Waals surface area contributed by atoms with Gasteiger partial charge in [-0.25, -0.2) is 4.98 Å². The van der Waals surface area contributed by atoms with Gasteiger partial charge in [-0.2, -0.15) is 0 Å². The van der Waals surface area contributed by atoms with Crippen molar-refractivity contribution in [3.63, 3.8) is 0 Å². The first-order chi connectivity index (χ1) is 6.77. The molecule has 3 heteroatoms. The summed E-state index contributed by atoms with van der Waals surface area (Å²) < 4.78 is 5.74. The van der Waals surface area contributed by atoms with Crippen LogP contribution in [-0.2, 0) is 0 Å². The molecular formula is C11H14ClNO. The molecule has 1 aliphatic carbocycles. The summed E-state index contributed by atoms with van der Waals surface area (Å²) in [6, 6.07) is 1.89. The number of hydrogen-bond acceptors (Lipinski definition) is 2. The fraction of sp³-hybridized carbons (Fsp3) is 0.545. The Morgan fingerprint density at radius 2 is 2.14 bits per heavy atom. The molecule has 2 nitrogen and oxygen atoms in total. The summed E-state index contributed by atoms with van der Waals surface area (Å²) in [6.07, 6.45) is 6.84. The third-order valence-electron chi connectivity index (χ3n) is 2.63. The number of rotatable bonds is 2. The fourth-order valence-corrected chi connectivity index (χ4v) is 1.92. The Labute approximate surface area is 89.3 Å². The zero-order chi connectivity index (χ0) is 9.97. The summed E-state index contributed by atoms with van der Waals surface area (Å²) in [4.78, 5) is 4.15. The average Bonchev–Trinajstić information content (AvgIpc) is 2.66. The fourth-order valence-electron chi connectivity index (χ4n) is 1.76. The minimum absolute atomic E-state index is 0.321. The third-order valence-corrected chi connectivity index (χ3v) is 3.09. The lowest BCUT2D eigenvalue weighted by atomic mass is 10.3. The summed E-state index contributed by atoms with van der Waals surface area (Å²) >= 11 is 6.08. The molecule has 2 rings (SSSR count). The number of hydrogen-bond donors (Lipinski definition) is 0. The molecule has 1 aliphatic rings. The van der Waals surface area contributed by atoms with Crippen molar-refractivity contribution in [2.24, 2.45) is 0 Å². The second-order valence-electron chi connectivity index (χ2n) is 3.77. The van der Waals surface area contributed by atoms with Crippen LogP contribution >= 0.6 is 11.6 Å². The molecule has 14 heavy (non-hydrogen) atoms. The summed E-state index contributed by atoms with van der Waals surface area (Å²) in [5.41, 5.74) is 1.02. The second-order valence-corrected chi connectivity index (χ2v) is 4.15. The van der Waals surface area contributed by atoms with Crippen molar-refractivity contribution >= 4 is 11.6 Å². The molecule has 76 valence electrons. The molecule has 1 fully saturated rings. The number of halogens is 1. The Balaban J connectivity index is 2.11. The highest BCUT2D eigenvalue weighted by atomic mass is 35.5. The van der Waals surface area contributed by atoms with Crippen molar-refractivity contribution in [1.29, 1.82) is 0 Å². The van der Waals surface area contributed by atoms with Crippen LogP contribution in [0.3, 0.4) is 0 Å². The molecule has 0 saturated heterocycles. The van der Waals surface area contributed by atoms with E-state index in [2.05, 4.69) is 4.98 Å². The molecule has 0 aromatic carbocycles. The molecule has 1 aromatic heterocycles.